The number of nitrogens with zero attached hydrogens (tertiary/aromatic N) is 2. The number of anilines is 1. The molecule has 1 atom stereocenters. The van der Waals surface area contributed by atoms with Crippen molar-refractivity contribution >= 4 is 68.8 Å². The Balaban J connectivity index is 1.98. The second-order valence-electron chi connectivity index (χ2n) is 8.84. The summed E-state index contributed by atoms with van der Waals surface area (Å²) < 4.78 is 13.5. The third-order valence-electron chi connectivity index (χ3n) is 6.50. The lowest BCUT2D eigenvalue weighted by Gasteiger charge is -2.35. The van der Waals surface area contributed by atoms with E-state index >= 15 is 0 Å². The largest absolute Gasteiger partial charge is 0.449 e. The molecule has 5 rings (SSSR count). The van der Waals surface area contributed by atoms with E-state index in [9.17, 15) is 9.59 Å². The maximum atomic E-state index is 13.8. The van der Waals surface area contributed by atoms with E-state index in [-0.39, 0.29) is 19.1 Å². The minimum Gasteiger partial charge on any atom is -0.449 e. The molecule has 0 N–H and O–H groups in total. The number of hydrogen-bond acceptors (Lipinski definition) is 4. The fraction of sp³-hybridized carbons (Fsp3) is 0.200. The highest BCUT2D eigenvalue weighted by molar-refractivity contribution is 14.1. The Bertz CT molecular complexity index is 1580. The molecule has 1 aliphatic rings. The van der Waals surface area contributed by atoms with Gasteiger partial charge in [-0.15, -0.1) is 0 Å². The lowest BCUT2D eigenvalue weighted by molar-refractivity contribution is 0.154. The predicted octanol–water partition coefficient (Wildman–Crippen LogP) is 8.52. The van der Waals surface area contributed by atoms with Gasteiger partial charge in [0.2, 0.25) is 0 Å². The minimum absolute atomic E-state index is 0.177. The molecule has 0 fully saturated rings. The number of fused-ring (bicyclic) bond motifs is 3. The van der Waals surface area contributed by atoms with Crippen LogP contribution in [0.2, 0.25) is 5.02 Å². The van der Waals surface area contributed by atoms with E-state index in [1.54, 1.807) is 13.8 Å². The zero-order valence-corrected chi connectivity index (χ0v) is 24.1. The normalized spacial score (nSPS) is 15.0. The summed E-state index contributed by atoms with van der Waals surface area (Å²) >= 11 is 9.11. The number of carbonyl (C=O) groups excluding carboxylic acids is 2. The van der Waals surface area contributed by atoms with Crippen LogP contribution in [0.5, 0.6) is 0 Å². The monoisotopic (exact) mass is 640 g/mol. The summed E-state index contributed by atoms with van der Waals surface area (Å²) in [6.07, 6.45) is -1.15. The van der Waals surface area contributed by atoms with E-state index in [1.807, 2.05) is 79.7 Å². The Morgan fingerprint density at radius 2 is 1.58 bits per heavy atom. The second kappa shape index (κ2) is 10.8. The summed E-state index contributed by atoms with van der Waals surface area (Å²) in [5.74, 6) is 0.0480. The molecule has 0 spiro atoms. The van der Waals surface area contributed by atoms with Crippen molar-refractivity contribution in [1.82, 2.24) is 4.57 Å². The van der Waals surface area contributed by atoms with Gasteiger partial charge >= 0.3 is 12.2 Å². The quantitative estimate of drug-likeness (QED) is 0.210. The molecule has 3 aromatic carbocycles. The number of rotatable bonds is 4. The van der Waals surface area contributed by atoms with Gasteiger partial charge in [-0.25, -0.2) is 19.1 Å². The number of ether oxygens (including phenoxy) is 2. The average molecular weight is 641 g/mol. The lowest BCUT2D eigenvalue weighted by Crippen LogP contribution is -2.37. The predicted molar refractivity (Wildman–Crippen MR) is 159 cm³/mol. The number of amides is 1. The van der Waals surface area contributed by atoms with E-state index in [0.29, 0.717) is 22.1 Å². The van der Waals surface area contributed by atoms with Crippen LogP contribution in [0.25, 0.3) is 16.6 Å². The first kappa shape index (κ1) is 26.3. The summed E-state index contributed by atoms with van der Waals surface area (Å²) in [5, 5.41) is 1.44. The topological polar surface area (TPSA) is 60.8 Å². The van der Waals surface area contributed by atoms with Gasteiger partial charge in [-0.1, -0.05) is 71.8 Å². The number of carbonyl (C=O) groups is 2. The van der Waals surface area contributed by atoms with Crippen molar-refractivity contribution < 1.29 is 19.1 Å². The van der Waals surface area contributed by atoms with Crippen molar-refractivity contribution in [1.29, 1.82) is 0 Å². The van der Waals surface area contributed by atoms with Crippen molar-refractivity contribution in [2.75, 3.05) is 18.1 Å². The molecule has 4 aromatic rings. The molecule has 1 aliphatic heterocycles. The van der Waals surface area contributed by atoms with E-state index in [0.717, 1.165) is 31.2 Å². The van der Waals surface area contributed by atoms with Crippen LogP contribution in [-0.2, 0) is 9.47 Å². The first-order chi connectivity index (χ1) is 18.4. The average Bonchev–Trinajstić information content (AvgIpc) is 3.23. The van der Waals surface area contributed by atoms with Gasteiger partial charge in [-0.2, -0.15) is 0 Å². The zero-order chi connectivity index (χ0) is 27.0. The molecule has 38 heavy (non-hydrogen) atoms. The number of benzene rings is 3. The highest BCUT2D eigenvalue weighted by atomic mass is 127. The smallest absolute Gasteiger partial charge is 0.420 e. The molecule has 0 bridgehead atoms. The highest BCUT2D eigenvalue weighted by Gasteiger charge is 2.43. The van der Waals surface area contributed by atoms with Crippen LogP contribution < -0.4 is 4.90 Å². The minimum atomic E-state index is -0.579. The van der Waals surface area contributed by atoms with Crippen LogP contribution >= 0.6 is 34.2 Å². The molecule has 1 aromatic heterocycles. The van der Waals surface area contributed by atoms with E-state index in [1.165, 1.54) is 9.47 Å². The van der Waals surface area contributed by atoms with Crippen LogP contribution in [0.1, 0.15) is 42.0 Å². The molecule has 0 saturated heterocycles. The number of hydrogen-bond donors (Lipinski definition) is 0. The summed E-state index contributed by atoms with van der Waals surface area (Å²) in [6.45, 7) is 5.88. The van der Waals surface area contributed by atoms with Gasteiger partial charge in [0.25, 0.3) is 0 Å². The maximum absolute atomic E-state index is 13.8. The molecule has 0 aliphatic carbocycles. The standard InChI is InChI=1S/C30H26ClIN2O4/c1-4-37-29(35)33-23-16-15-18(3)17-21(23)25-24(20-13-9-10-14-22(20)31)26(32)27(19-11-7-6-8-12-19)34(28(25)33)30(36)38-5-2/h6-17,24H,4-5H2,1-3H3. The molecular weight excluding hydrogens is 615 g/mol. The highest BCUT2D eigenvalue weighted by Crippen LogP contribution is 2.54. The van der Waals surface area contributed by atoms with Gasteiger partial charge in [0, 0.05) is 25.5 Å². The van der Waals surface area contributed by atoms with E-state index < -0.39 is 12.2 Å². The van der Waals surface area contributed by atoms with Crippen LogP contribution in [0.3, 0.4) is 0 Å². The van der Waals surface area contributed by atoms with Gasteiger partial charge in [-0.3, -0.25) is 0 Å². The van der Waals surface area contributed by atoms with E-state index in [2.05, 4.69) is 22.6 Å². The first-order valence-corrected chi connectivity index (χ1v) is 13.8. The summed E-state index contributed by atoms with van der Waals surface area (Å²) in [4.78, 5) is 28.8. The molecule has 1 unspecified atom stereocenters. The number of aryl methyl sites for hydroxylation is 1. The van der Waals surface area contributed by atoms with Crippen LogP contribution in [0.15, 0.2) is 76.4 Å². The van der Waals surface area contributed by atoms with Crippen molar-refractivity contribution in [2.24, 2.45) is 0 Å². The first-order valence-electron chi connectivity index (χ1n) is 12.4. The van der Waals surface area contributed by atoms with Crippen LogP contribution in [0.4, 0.5) is 15.4 Å². The third-order valence-corrected chi connectivity index (χ3v) is 7.98. The Morgan fingerprint density at radius 3 is 2.26 bits per heavy atom. The van der Waals surface area contributed by atoms with Gasteiger partial charge in [-0.05, 0) is 72.7 Å². The summed E-state index contributed by atoms with van der Waals surface area (Å²) in [6, 6.07) is 23.2. The molecule has 0 saturated carbocycles. The Hall–Kier alpha value is -3.30. The van der Waals surface area contributed by atoms with Gasteiger partial charge in [0.1, 0.15) is 5.82 Å². The third kappa shape index (κ3) is 4.37. The number of aromatic nitrogens is 1. The molecule has 1 amide bonds. The van der Waals surface area contributed by atoms with Crippen molar-refractivity contribution in [3.05, 3.63) is 104 Å². The van der Waals surface area contributed by atoms with Gasteiger partial charge in [0.15, 0.2) is 0 Å². The maximum Gasteiger partial charge on any atom is 0.420 e. The van der Waals surface area contributed by atoms with Crippen molar-refractivity contribution in [2.45, 2.75) is 26.7 Å². The lowest BCUT2D eigenvalue weighted by atomic mass is 9.85. The zero-order valence-electron chi connectivity index (χ0n) is 21.2. The molecule has 6 nitrogen and oxygen atoms in total. The summed E-state index contributed by atoms with van der Waals surface area (Å²) in [5.41, 5.74) is 4.78. The Labute approximate surface area is 239 Å². The molecular formula is C30H26ClIN2O4. The SMILES string of the molecule is CCOC(=O)N1C(c2ccccc2)=C(I)C(c2ccccc2Cl)c2c1n(C(=O)OCC)c1ccc(C)cc21. The van der Waals surface area contributed by atoms with Gasteiger partial charge in [0.05, 0.1) is 24.4 Å². The van der Waals surface area contributed by atoms with Crippen LogP contribution in [-0.4, -0.2) is 30.0 Å². The number of halogens is 2. The fourth-order valence-electron chi connectivity index (χ4n) is 5.00. The molecule has 8 heteroatoms. The van der Waals surface area contributed by atoms with Crippen LogP contribution in [0, 0.1) is 6.92 Å². The molecule has 194 valence electrons. The molecule has 2 heterocycles. The Kier molecular flexibility index (Phi) is 7.49. The summed E-state index contributed by atoms with van der Waals surface area (Å²) in [7, 11) is 0. The molecule has 0 radical (unpaired) electrons. The van der Waals surface area contributed by atoms with E-state index in [4.69, 9.17) is 21.1 Å². The number of allylic oxidation sites excluding steroid dienone is 1. The van der Waals surface area contributed by atoms with Crippen molar-refractivity contribution in [3.63, 3.8) is 0 Å². The van der Waals surface area contributed by atoms with Gasteiger partial charge < -0.3 is 9.47 Å². The fourth-order valence-corrected chi connectivity index (χ4v) is 6.44. The Morgan fingerprint density at radius 1 is 0.921 bits per heavy atom. The second-order valence-corrected chi connectivity index (χ2v) is 10.4. The van der Waals surface area contributed by atoms with Crippen molar-refractivity contribution in [3.8, 4) is 0 Å².